The fraction of sp³-hybridized carbons (Fsp3) is 0.200. The molecular formula is C20H18N2O6. The number of fused-ring (bicyclic) bond motifs is 1. The summed E-state index contributed by atoms with van der Waals surface area (Å²) >= 11 is 0. The first kappa shape index (κ1) is 19.1. The van der Waals surface area contributed by atoms with Crippen LogP contribution in [0.2, 0.25) is 0 Å². The monoisotopic (exact) mass is 382 g/mol. The van der Waals surface area contributed by atoms with Gasteiger partial charge in [-0.1, -0.05) is 18.2 Å². The number of hydrogen-bond acceptors (Lipinski definition) is 6. The summed E-state index contributed by atoms with van der Waals surface area (Å²) in [4.78, 5) is 38.9. The van der Waals surface area contributed by atoms with Crippen LogP contribution in [0.15, 0.2) is 42.5 Å². The van der Waals surface area contributed by atoms with Gasteiger partial charge in [-0.3, -0.25) is 14.9 Å². The molecule has 144 valence electrons. The van der Waals surface area contributed by atoms with Crippen LogP contribution in [0.4, 0.5) is 5.69 Å². The number of carbonyl (C=O) groups excluding carboxylic acids is 2. The summed E-state index contributed by atoms with van der Waals surface area (Å²) in [7, 11) is 1.30. The highest BCUT2D eigenvalue weighted by Gasteiger charge is 2.26. The van der Waals surface area contributed by atoms with Crippen LogP contribution in [0.1, 0.15) is 33.3 Å². The molecule has 0 unspecified atom stereocenters. The third-order valence-electron chi connectivity index (χ3n) is 4.40. The van der Waals surface area contributed by atoms with Gasteiger partial charge in [-0.25, -0.2) is 4.79 Å². The lowest BCUT2D eigenvalue weighted by molar-refractivity contribution is -0.385. The molecule has 1 N–H and O–H groups in total. The second-order valence-electron chi connectivity index (χ2n) is 6.23. The molecule has 1 heterocycles. The molecule has 1 aromatic heterocycles. The van der Waals surface area contributed by atoms with E-state index in [1.165, 1.54) is 26.2 Å². The minimum absolute atomic E-state index is 0.0279. The molecule has 0 aliphatic carbocycles. The van der Waals surface area contributed by atoms with E-state index in [4.69, 9.17) is 9.47 Å². The minimum atomic E-state index is -1.06. The quantitative estimate of drug-likeness (QED) is 0.300. The standard InChI is InChI=1S/C20H18N2O6/c1-11-18(14-6-4-5-7-15(14)21-11)19(23)12(2)28-20(24)13-8-9-17(27-3)16(10-13)22(25)26/h4-10,12,21H,1-3H3/t12-/m0/s1. The van der Waals surface area contributed by atoms with Gasteiger partial charge >= 0.3 is 11.7 Å². The number of aryl methyl sites for hydroxylation is 1. The van der Waals surface area contributed by atoms with E-state index in [0.717, 1.165) is 17.0 Å². The lowest BCUT2D eigenvalue weighted by Crippen LogP contribution is -2.25. The maximum absolute atomic E-state index is 12.9. The number of nitro groups is 1. The first-order valence-electron chi connectivity index (χ1n) is 8.48. The molecule has 3 rings (SSSR count). The molecule has 28 heavy (non-hydrogen) atoms. The van der Waals surface area contributed by atoms with Crippen molar-refractivity contribution in [2.75, 3.05) is 7.11 Å². The highest BCUT2D eigenvalue weighted by molar-refractivity contribution is 6.11. The lowest BCUT2D eigenvalue weighted by Gasteiger charge is -2.13. The van der Waals surface area contributed by atoms with Crippen LogP contribution in [0.3, 0.4) is 0 Å². The Balaban J connectivity index is 1.84. The van der Waals surface area contributed by atoms with Crippen molar-refractivity contribution in [1.29, 1.82) is 0 Å². The summed E-state index contributed by atoms with van der Waals surface area (Å²) in [5, 5.41) is 11.9. The molecule has 0 fully saturated rings. The molecule has 8 heteroatoms. The first-order valence-corrected chi connectivity index (χ1v) is 8.48. The van der Waals surface area contributed by atoms with Crippen LogP contribution in [-0.2, 0) is 4.74 Å². The number of nitro benzene ring substituents is 1. The molecule has 8 nitrogen and oxygen atoms in total. The zero-order chi connectivity index (χ0) is 20.4. The van der Waals surface area contributed by atoms with E-state index in [1.54, 1.807) is 6.92 Å². The van der Waals surface area contributed by atoms with Crippen LogP contribution < -0.4 is 4.74 Å². The second-order valence-corrected chi connectivity index (χ2v) is 6.23. The van der Waals surface area contributed by atoms with E-state index in [0.29, 0.717) is 11.3 Å². The van der Waals surface area contributed by atoms with E-state index in [9.17, 15) is 19.7 Å². The van der Waals surface area contributed by atoms with Crippen LogP contribution in [0, 0.1) is 17.0 Å². The Bertz CT molecular complexity index is 1090. The third kappa shape index (κ3) is 3.44. The van der Waals surface area contributed by atoms with Crippen molar-refractivity contribution in [1.82, 2.24) is 4.98 Å². The number of Topliss-reactive ketones (excluding diaryl/α,β-unsaturated/α-hetero) is 1. The number of carbonyl (C=O) groups is 2. The SMILES string of the molecule is COc1ccc(C(=O)O[C@@H](C)C(=O)c2c(C)[nH]c3ccccc23)cc1[N+](=O)[O-]. The van der Waals surface area contributed by atoms with Crippen molar-refractivity contribution in [2.24, 2.45) is 0 Å². The maximum atomic E-state index is 12.9. The molecule has 0 amide bonds. The van der Waals surface area contributed by atoms with E-state index >= 15 is 0 Å². The van der Waals surface area contributed by atoms with Gasteiger partial charge in [0.05, 0.1) is 17.6 Å². The van der Waals surface area contributed by atoms with Crippen molar-refractivity contribution >= 4 is 28.3 Å². The first-order chi connectivity index (χ1) is 13.3. The summed E-state index contributed by atoms with van der Waals surface area (Å²) in [5.41, 5.74) is 1.55. The third-order valence-corrected chi connectivity index (χ3v) is 4.40. The number of H-pyrrole nitrogens is 1. The number of aromatic nitrogens is 1. The van der Waals surface area contributed by atoms with E-state index in [-0.39, 0.29) is 22.8 Å². The lowest BCUT2D eigenvalue weighted by atomic mass is 10.0. The Hall–Kier alpha value is -3.68. The molecule has 0 radical (unpaired) electrons. The van der Waals surface area contributed by atoms with Crippen LogP contribution >= 0.6 is 0 Å². The minimum Gasteiger partial charge on any atom is -0.490 e. The number of para-hydroxylation sites is 1. The van der Waals surface area contributed by atoms with Gasteiger partial charge < -0.3 is 14.5 Å². The summed E-state index contributed by atoms with van der Waals surface area (Å²) in [6.45, 7) is 3.24. The van der Waals surface area contributed by atoms with Gasteiger partial charge in [-0.2, -0.15) is 0 Å². The van der Waals surface area contributed by atoms with E-state index < -0.39 is 17.0 Å². The molecule has 0 aliphatic rings. The Morgan fingerprint density at radius 2 is 1.89 bits per heavy atom. The Kier molecular flexibility index (Phi) is 5.12. The predicted octanol–water partition coefficient (Wildman–Crippen LogP) is 3.82. The number of hydrogen-bond donors (Lipinski definition) is 1. The van der Waals surface area contributed by atoms with Crippen LogP contribution in [0.25, 0.3) is 10.9 Å². The van der Waals surface area contributed by atoms with Gasteiger partial charge in [0.15, 0.2) is 11.9 Å². The average Bonchev–Trinajstić information content (AvgIpc) is 3.02. The average molecular weight is 382 g/mol. The number of nitrogens with zero attached hydrogens (tertiary/aromatic N) is 1. The maximum Gasteiger partial charge on any atom is 0.339 e. The molecule has 1 atom stereocenters. The van der Waals surface area contributed by atoms with Gasteiger partial charge in [0.2, 0.25) is 5.78 Å². The normalized spacial score (nSPS) is 11.8. The zero-order valence-corrected chi connectivity index (χ0v) is 15.5. The molecule has 0 aliphatic heterocycles. The molecular weight excluding hydrogens is 364 g/mol. The van der Waals surface area contributed by atoms with Gasteiger partial charge in [0.25, 0.3) is 0 Å². The number of rotatable bonds is 6. The molecule has 0 saturated heterocycles. The zero-order valence-electron chi connectivity index (χ0n) is 15.5. The second kappa shape index (κ2) is 7.51. The summed E-state index contributed by atoms with van der Waals surface area (Å²) in [6, 6.07) is 11.1. The molecule has 2 aromatic carbocycles. The number of nitrogens with one attached hydrogen (secondary N) is 1. The van der Waals surface area contributed by atoms with Gasteiger partial charge in [-0.15, -0.1) is 0 Å². The van der Waals surface area contributed by atoms with Crippen molar-refractivity contribution in [2.45, 2.75) is 20.0 Å². The van der Waals surface area contributed by atoms with Gasteiger partial charge in [0, 0.05) is 28.2 Å². The van der Waals surface area contributed by atoms with E-state index in [1.807, 2.05) is 24.3 Å². The van der Waals surface area contributed by atoms with Crippen molar-refractivity contribution in [3.05, 3.63) is 69.4 Å². The van der Waals surface area contributed by atoms with Gasteiger partial charge in [0.1, 0.15) is 0 Å². The van der Waals surface area contributed by atoms with Crippen molar-refractivity contribution < 1.29 is 24.0 Å². The molecule has 0 spiro atoms. The molecule has 3 aromatic rings. The van der Waals surface area contributed by atoms with Crippen molar-refractivity contribution in [3.8, 4) is 5.75 Å². The Morgan fingerprint density at radius 1 is 1.18 bits per heavy atom. The largest absolute Gasteiger partial charge is 0.490 e. The number of esters is 1. The Morgan fingerprint density at radius 3 is 2.57 bits per heavy atom. The summed E-state index contributed by atoms with van der Waals surface area (Å²) < 4.78 is 10.2. The Labute approximate surface area is 160 Å². The number of ether oxygens (including phenoxy) is 2. The summed E-state index contributed by atoms with van der Waals surface area (Å²) in [5.74, 6) is -1.16. The topological polar surface area (TPSA) is 112 Å². The van der Waals surface area contributed by atoms with Crippen LogP contribution in [-0.4, -0.2) is 34.9 Å². The van der Waals surface area contributed by atoms with E-state index in [2.05, 4.69) is 4.98 Å². The van der Waals surface area contributed by atoms with Gasteiger partial charge in [-0.05, 0) is 32.0 Å². The van der Waals surface area contributed by atoms with Crippen LogP contribution in [0.5, 0.6) is 5.75 Å². The highest BCUT2D eigenvalue weighted by Crippen LogP contribution is 2.28. The fourth-order valence-corrected chi connectivity index (χ4v) is 3.04. The van der Waals surface area contributed by atoms with Crippen molar-refractivity contribution in [3.63, 3.8) is 0 Å². The number of benzene rings is 2. The highest BCUT2D eigenvalue weighted by atomic mass is 16.6. The summed E-state index contributed by atoms with van der Waals surface area (Å²) in [6.07, 6.45) is -1.06. The smallest absolute Gasteiger partial charge is 0.339 e. The fourth-order valence-electron chi connectivity index (χ4n) is 3.04. The number of ketones is 1. The molecule has 0 bridgehead atoms. The number of methoxy groups -OCH3 is 1. The number of aromatic amines is 1. The molecule has 0 saturated carbocycles. The predicted molar refractivity (Wildman–Crippen MR) is 102 cm³/mol.